The molecule has 5 heteroatoms. The van der Waals surface area contributed by atoms with E-state index in [9.17, 15) is 4.79 Å². The van der Waals surface area contributed by atoms with Crippen LogP contribution >= 0.6 is 0 Å². The Morgan fingerprint density at radius 3 is 2.61 bits per heavy atom. The van der Waals surface area contributed by atoms with Gasteiger partial charge in [0, 0.05) is 38.5 Å². The van der Waals surface area contributed by atoms with Gasteiger partial charge in [-0.05, 0) is 20.8 Å². The van der Waals surface area contributed by atoms with Crippen molar-refractivity contribution in [3.05, 3.63) is 0 Å². The molecule has 0 aromatic heterocycles. The zero-order valence-corrected chi connectivity index (χ0v) is 11.9. The van der Waals surface area contributed by atoms with Gasteiger partial charge in [-0.15, -0.1) is 0 Å². The van der Waals surface area contributed by atoms with E-state index in [0.29, 0.717) is 0 Å². The molecule has 1 fully saturated rings. The van der Waals surface area contributed by atoms with E-state index in [1.165, 1.54) is 0 Å². The third kappa shape index (κ3) is 3.22. The van der Waals surface area contributed by atoms with Crippen LogP contribution in [0.5, 0.6) is 0 Å². The number of carbonyl (C=O) groups excluding carboxylic acids is 1. The van der Waals surface area contributed by atoms with Crippen molar-refractivity contribution >= 4 is 11.6 Å². The number of likely N-dealkylation sites (tertiary alicyclic amines) is 1. The molecule has 1 N–H and O–H groups in total. The first-order valence-corrected chi connectivity index (χ1v) is 6.78. The van der Waals surface area contributed by atoms with Gasteiger partial charge >= 0.3 is 0 Å². The smallest absolute Gasteiger partial charge is 0.239 e. The summed E-state index contributed by atoms with van der Waals surface area (Å²) < 4.78 is 0. The summed E-state index contributed by atoms with van der Waals surface area (Å²) in [6.07, 6.45) is 0.744. The monoisotopic (exact) mass is 255 g/mol. The molecule has 18 heavy (non-hydrogen) atoms. The molecule has 2 unspecified atom stereocenters. The Bertz CT molecular complexity index is 313. The van der Waals surface area contributed by atoms with Gasteiger partial charge in [-0.25, -0.2) is 0 Å². The minimum Gasteiger partial charge on any atom is -0.411 e. The Hall–Kier alpha value is -1.10. The zero-order chi connectivity index (χ0) is 13.7. The van der Waals surface area contributed by atoms with Crippen LogP contribution in [-0.4, -0.2) is 58.8 Å². The molecule has 0 spiro atoms. The third-order valence-electron chi connectivity index (χ3n) is 3.84. The highest BCUT2D eigenvalue weighted by Gasteiger charge is 2.30. The summed E-state index contributed by atoms with van der Waals surface area (Å²) in [4.78, 5) is 16.3. The number of piperidine rings is 1. The lowest BCUT2D eigenvalue weighted by Gasteiger charge is -2.37. The summed E-state index contributed by atoms with van der Waals surface area (Å²) in [7, 11) is 0. The van der Waals surface area contributed by atoms with Crippen LogP contribution in [-0.2, 0) is 4.79 Å². The van der Waals surface area contributed by atoms with Gasteiger partial charge in [0.25, 0.3) is 0 Å². The topological polar surface area (TPSA) is 56.1 Å². The second kappa shape index (κ2) is 6.73. The molecule has 5 nitrogen and oxygen atoms in total. The Morgan fingerprint density at radius 2 is 2.17 bits per heavy atom. The predicted octanol–water partition coefficient (Wildman–Crippen LogP) is 1.42. The first-order valence-electron chi connectivity index (χ1n) is 6.78. The van der Waals surface area contributed by atoms with E-state index in [1.807, 2.05) is 32.6 Å². The maximum absolute atomic E-state index is 12.3. The number of likely N-dealkylation sites (N-methyl/N-ethyl adjacent to an activating group) is 1. The lowest BCUT2D eigenvalue weighted by molar-refractivity contribution is -0.136. The van der Waals surface area contributed by atoms with E-state index in [2.05, 4.69) is 10.1 Å². The van der Waals surface area contributed by atoms with Crippen LogP contribution in [0, 0.1) is 5.92 Å². The average Bonchev–Trinajstić information content (AvgIpc) is 2.39. The van der Waals surface area contributed by atoms with Crippen LogP contribution in [0.15, 0.2) is 5.16 Å². The lowest BCUT2D eigenvalue weighted by atomic mass is 9.96. The van der Waals surface area contributed by atoms with Crippen molar-refractivity contribution in [2.24, 2.45) is 11.1 Å². The standard InChI is InChI=1S/C13H25N3O2/c1-5-15(6-2)13(17)11(4)16-8-7-12(14-18)10(3)9-16/h10-11,18H,5-9H2,1-4H3. The minimum absolute atomic E-state index is 0.0902. The van der Waals surface area contributed by atoms with Gasteiger partial charge in [-0.2, -0.15) is 0 Å². The van der Waals surface area contributed by atoms with Crippen molar-refractivity contribution in [2.45, 2.75) is 40.2 Å². The molecular weight excluding hydrogens is 230 g/mol. The number of nitrogens with zero attached hydrogens (tertiary/aromatic N) is 3. The highest BCUT2D eigenvalue weighted by molar-refractivity contribution is 5.87. The van der Waals surface area contributed by atoms with Crippen molar-refractivity contribution in [2.75, 3.05) is 26.2 Å². The van der Waals surface area contributed by atoms with Crippen LogP contribution in [0.4, 0.5) is 0 Å². The Kier molecular flexibility index (Phi) is 5.59. The number of amides is 1. The second-order valence-electron chi connectivity index (χ2n) is 4.92. The summed E-state index contributed by atoms with van der Waals surface area (Å²) in [5.41, 5.74) is 0.841. The van der Waals surface area contributed by atoms with E-state index in [4.69, 9.17) is 5.21 Å². The highest BCUT2D eigenvalue weighted by atomic mass is 16.4. The number of oxime groups is 1. The number of rotatable bonds is 4. The molecular formula is C13H25N3O2. The zero-order valence-electron chi connectivity index (χ0n) is 11.9. The fourth-order valence-electron chi connectivity index (χ4n) is 2.51. The predicted molar refractivity (Wildman–Crippen MR) is 72.0 cm³/mol. The number of carbonyl (C=O) groups is 1. The van der Waals surface area contributed by atoms with Crippen molar-refractivity contribution in [1.29, 1.82) is 0 Å². The van der Waals surface area contributed by atoms with E-state index in [0.717, 1.165) is 38.3 Å². The fourth-order valence-corrected chi connectivity index (χ4v) is 2.51. The molecule has 0 aliphatic carbocycles. The molecule has 2 atom stereocenters. The molecule has 1 aliphatic rings. The molecule has 0 aromatic rings. The Labute approximate surface area is 109 Å². The molecule has 0 saturated carbocycles. The molecule has 1 aliphatic heterocycles. The SMILES string of the molecule is CCN(CC)C(=O)C(C)N1CCC(=NO)C(C)C1. The molecule has 1 saturated heterocycles. The van der Waals surface area contributed by atoms with Gasteiger partial charge in [-0.1, -0.05) is 12.1 Å². The van der Waals surface area contributed by atoms with E-state index in [-0.39, 0.29) is 17.9 Å². The largest absolute Gasteiger partial charge is 0.411 e. The minimum atomic E-state index is -0.0902. The highest BCUT2D eigenvalue weighted by Crippen LogP contribution is 2.17. The maximum Gasteiger partial charge on any atom is 0.239 e. The van der Waals surface area contributed by atoms with Gasteiger partial charge < -0.3 is 10.1 Å². The number of hydrogen-bond donors (Lipinski definition) is 1. The van der Waals surface area contributed by atoms with Crippen LogP contribution in [0.1, 0.15) is 34.1 Å². The van der Waals surface area contributed by atoms with Gasteiger partial charge in [0.15, 0.2) is 0 Å². The van der Waals surface area contributed by atoms with Gasteiger partial charge in [-0.3, -0.25) is 9.69 Å². The third-order valence-corrected chi connectivity index (χ3v) is 3.84. The van der Waals surface area contributed by atoms with E-state index in [1.54, 1.807) is 0 Å². The van der Waals surface area contributed by atoms with Crippen molar-refractivity contribution in [3.63, 3.8) is 0 Å². The quantitative estimate of drug-likeness (QED) is 0.610. The van der Waals surface area contributed by atoms with Gasteiger partial charge in [0.1, 0.15) is 0 Å². The molecule has 0 bridgehead atoms. The van der Waals surface area contributed by atoms with Crippen LogP contribution < -0.4 is 0 Å². The first kappa shape index (κ1) is 15.0. The first-order chi connectivity index (χ1) is 8.54. The number of hydrogen-bond acceptors (Lipinski definition) is 4. The molecule has 0 aromatic carbocycles. The van der Waals surface area contributed by atoms with E-state index >= 15 is 0 Å². The Morgan fingerprint density at radius 1 is 1.56 bits per heavy atom. The van der Waals surface area contributed by atoms with Crippen molar-refractivity contribution < 1.29 is 10.0 Å². The maximum atomic E-state index is 12.3. The summed E-state index contributed by atoms with van der Waals surface area (Å²) in [5.74, 6) is 0.410. The van der Waals surface area contributed by atoms with Crippen molar-refractivity contribution in [3.8, 4) is 0 Å². The summed E-state index contributed by atoms with van der Waals surface area (Å²) in [6, 6.07) is -0.0902. The van der Waals surface area contributed by atoms with Gasteiger partial charge in [0.2, 0.25) is 5.91 Å². The summed E-state index contributed by atoms with van der Waals surface area (Å²) in [6.45, 7) is 11.1. The normalized spacial score (nSPS) is 25.1. The van der Waals surface area contributed by atoms with Crippen LogP contribution in [0.2, 0.25) is 0 Å². The van der Waals surface area contributed by atoms with Crippen molar-refractivity contribution in [1.82, 2.24) is 9.80 Å². The molecule has 1 rings (SSSR count). The second-order valence-corrected chi connectivity index (χ2v) is 4.92. The summed E-state index contributed by atoms with van der Waals surface area (Å²) >= 11 is 0. The average molecular weight is 255 g/mol. The molecule has 104 valence electrons. The molecule has 0 radical (unpaired) electrons. The molecule has 1 heterocycles. The molecule has 1 amide bonds. The summed E-state index contributed by atoms with van der Waals surface area (Å²) in [5, 5.41) is 12.2. The van der Waals surface area contributed by atoms with Crippen LogP contribution in [0.25, 0.3) is 0 Å². The Balaban J connectivity index is 2.63. The van der Waals surface area contributed by atoms with Gasteiger partial charge in [0.05, 0.1) is 11.8 Å². The fraction of sp³-hybridized carbons (Fsp3) is 0.846. The lowest BCUT2D eigenvalue weighted by Crippen LogP contribution is -2.51. The van der Waals surface area contributed by atoms with E-state index < -0.39 is 0 Å². The van der Waals surface area contributed by atoms with Crippen LogP contribution in [0.3, 0.4) is 0 Å².